The van der Waals surface area contributed by atoms with E-state index < -0.39 is 0 Å². The van der Waals surface area contributed by atoms with Crippen molar-refractivity contribution in [3.63, 3.8) is 0 Å². The maximum Gasteiger partial charge on any atom is 0.138 e. The van der Waals surface area contributed by atoms with E-state index in [1.807, 2.05) is 6.92 Å². The largest absolute Gasteiger partial charge is 0.377 e. The van der Waals surface area contributed by atoms with Gasteiger partial charge in [-0.15, -0.1) is 0 Å². The highest BCUT2D eigenvalue weighted by atomic mass is 16.5. The molecule has 0 bridgehead atoms. The number of hydrogen-bond acceptors (Lipinski definition) is 3. The van der Waals surface area contributed by atoms with E-state index in [0.29, 0.717) is 11.9 Å². The van der Waals surface area contributed by atoms with Gasteiger partial charge in [-0.1, -0.05) is 26.2 Å². The van der Waals surface area contributed by atoms with Gasteiger partial charge in [0, 0.05) is 32.0 Å². The van der Waals surface area contributed by atoms with Crippen molar-refractivity contribution in [2.45, 2.75) is 51.6 Å². The second-order valence-electron chi connectivity index (χ2n) is 5.55. The average Bonchev–Trinajstić information content (AvgIpc) is 2.35. The Labute approximate surface area is 105 Å². The molecule has 0 spiro atoms. The zero-order valence-electron chi connectivity index (χ0n) is 11.0. The Morgan fingerprint density at radius 2 is 2.06 bits per heavy atom. The molecule has 1 aliphatic carbocycles. The molecule has 98 valence electrons. The van der Waals surface area contributed by atoms with Crippen LogP contribution in [0.1, 0.15) is 45.4 Å². The Morgan fingerprint density at radius 3 is 2.76 bits per heavy atom. The first-order valence-electron chi connectivity index (χ1n) is 7.12. The molecule has 0 amide bonds. The average molecular weight is 239 g/mol. The monoisotopic (exact) mass is 239 g/mol. The molecule has 1 atom stereocenters. The van der Waals surface area contributed by atoms with E-state index in [1.54, 1.807) is 0 Å². The highest BCUT2D eigenvalue weighted by Crippen LogP contribution is 2.20. The van der Waals surface area contributed by atoms with Crippen LogP contribution >= 0.6 is 0 Å². The number of ether oxygens (including phenoxy) is 1. The van der Waals surface area contributed by atoms with Gasteiger partial charge in [-0.25, -0.2) is 0 Å². The Bertz CT molecular complexity index is 249. The lowest BCUT2D eigenvalue weighted by atomic mass is 9.98. The van der Waals surface area contributed by atoms with Crippen molar-refractivity contribution < 1.29 is 9.53 Å². The van der Waals surface area contributed by atoms with Crippen LogP contribution in [-0.4, -0.2) is 43.0 Å². The smallest absolute Gasteiger partial charge is 0.138 e. The van der Waals surface area contributed by atoms with Crippen LogP contribution in [-0.2, 0) is 9.53 Å². The summed E-state index contributed by atoms with van der Waals surface area (Å²) in [7, 11) is 0. The summed E-state index contributed by atoms with van der Waals surface area (Å²) in [5, 5.41) is 0. The van der Waals surface area contributed by atoms with Crippen LogP contribution in [0.3, 0.4) is 0 Å². The lowest BCUT2D eigenvalue weighted by Gasteiger charge is -2.30. The van der Waals surface area contributed by atoms with Gasteiger partial charge in [-0.05, 0) is 12.8 Å². The number of piperidine rings is 1. The molecular weight excluding hydrogens is 214 g/mol. The Kier molecular flexibility index (Phi) is 4.99. The van der Waals surface area contributed by atoms with E-state index in [1.165, 1.54) is 32.1 Å². The molecule has 1 aliphatic heterocycles. The van der Waals surface area contributed by atoms with E-state index in [0.717, 1.165) is 32.7 Å². The summed E-state index contributed by atoms with van der Waals surface area (Å²) in [6.45, 7) is 5.72. The number of carbonyl (C=O) groups excluding carboxylic acids is 1. The molecule has 2 aliphatic rings. The number of nitrogens with zero attached hydrogens (tertiary/aromatic N) is 1. The third kappa shape index (κ3) is 4.07. The quantitative estimate of drug-likeness (QED) is 0.753. The van der Waals surface area contributed by atoms with Crippen LogP contribution in [0.15, 0.2) is 0 Å². The summed E-state index contributed by atoms with van der Waals surface area (Å²) in [6, 6.07) is 0. The lowest BCUT2D eigenvalue weighted by molar-refractivity contribution is -0.125. The minimum atomic E-state index is 0.221. The summed E-state index contributed by atoms with van der Waals surface area (Å²) in [5.74, 6) is 0.646. The van der Waals surface area contributed by atoms with Crippen LogP contribution < -0.4 is 0 Å². The molecule has 17 heavy (non-hydrogen) atoms. The minimum absolute atomic E-state index is 0.221. The van der Waals surface area contributed by atoms with Gasteiger partial charge in [-0.2, -0.15) is 0 Å². The lowest BCUT2D eigenvalue weighted by Crippen LogP contribution is -2.41. The Balaban J connectivity index is 1.60. The van der Waals surface area contributed by atoms with Crippen molar-refractivity contribution >= 4 is 5.78 Å². The van der Waals surface area contributed by atoms with Crippen LogP contribution in [0, 0.1) is 5.92 Å². The first kappa shape index (κ1) is 13.0. The van der Waals surface area contributed by atoms with E-state index in [-0.39, 0.29) is 5.92 Å². The highest BCUT2D eigenvalue weighted by Gasteiger charge is 2.23. The van der Waals surface area contributed by atoms with Gasteiger partial charge in [0.25, 0.3) is 0 Å². The zero-order valence-corrected chi connectivity index (χ0v) is 11.0. The second kappa shape index (κ2) is 6.50. The maximum absolute atomic E-state index is 11.4. The molecule has 3 heteroatoms. The Morgan fingerprint density at radius 1 is 1.29 bits per heavy atom. The van der Waals surface area contributed by atoms with Crippen molar-refractivity contribution in [3.8, 4) is 0 Å². The molecule has 1 heterocycles. The molecular formula is C14H25NO2. The summed E-state index contributed by atoms with van der Waals surface area (Å²) >= 11 is 0. The fourth-order valence-electron chi connectivity index (χ4n) is 2.88. The second-order valence-corrected chi connectivity index (χ2v) is 5.55. The van der Waals surface area contributed by atoms with Gasteiger partial charge >= 0.3 is 0 Å². The van der Waals surface area contributed by atoms with Crippen molar-refractivity contribution in [2.24, 2.45) is 5.92 Å². The molecule has 2 fully saturated rings. The van der Waals surface area contributed by atoms with Crippen LogP contribution in [0.4, 0.5) is 0 Å². The first-order valence-corrected chi connectivity index (χ1v) is 7.12. The van der Waals surface area contributed by atoms with E-state index in [2.05, 4.69) is 4.90 Å². The SMILES string of the molecule is CC1CN(CCOC2CCCCC2)CCC1=O. The van der Waals surface area contributed by atoms with E-state index in [9.17, 15) is 4.79 Å². The Hall–Kier alpha value is -0.410. The van der Waals surface area contributed by atoms with Crippen LogP contribution in [0.25, 0.3) is 0 Å². The third-order valence-electron chi connectivity index (χ3n) is 4.07. The van der Waals surface area contributed by atoms with Gasteiger partial charge in [0.2, 0.25) is 0 Å². The number of ketones is 1. The van der Waals surface area contributed by atoms with Crippen molar-refractivity contribution in [3.05, 3.63) is 0 Å². The molecule has 2 rings (SSSR count). The predicted molar refractivity (Wildman–Crippen MR) is 68.1 cm³/mol. The molecule has 3 nitrogen and oxygen atoms in total. The van der Waals surface area contributed by atoms with Gasteiger partial charge in [0.15, 0.2) is 0 Å². The minimum Gasteiger partial charge on any atom is -0.377 e. The normalized spacial score (nSPS) is 28.5. The van der Waals surface area contributed by atoms with Crippen LogP contribution in [0.2, 0.25) is 0 Å². The summed E-state index contributed by atoms with van der Waals surface area (Å²) < 4.78 is 5.92. The molecule has 1 saturated carbocycles. The van der Waals surface area contributed by atoms with Crippen LogP contribution in [0.5, 0.6) is 0 Å². The topological polar surface area (TPSA) is 29.5 Å². The summed E-state index contributed by atoms with van der Waals surface area (Å²) in [6.07, 6.45) is 7.77. The third-order valence-corrected chi connectivity index (χ3v) is 4.07. The van der Waals surface area contributed by atoms with Crippen molar-refractivity contribution in [1.29, 1.82) is 0 Å². The fraction of sp³-hybridized carbons (Fsp3) is 0.929. The molecule has 0 aromatic carbocycles. The number of carbonyl (C=O) groups is 1. The van der Waals surface area contributed by atoms with Gasteiger partial charge in [0.1, 0.15) is 5.78 Å². The first-order chi connectivity index (χ1) is 8.25. The zero-order chi connectivity index (χ0) is 12.1. The van der Waals surface area contributed by atoms with E-state index in [4.69, 9.17) is 4.74 Å². The number of likely N-dealkylation sites (tertiary alicyclic amines) is 1. The van der Waals surface area contributed by atoms with Crippen molar-refractivity contribution in [2.75, 3.05) is 26.2 Å². The molecule has 0 aromatic rings. The van der Waals surface area contributed by atoms with Gasteiger partial charge < -0.3 is 4.74 Å². The van der Waals surface area contributed by atoms with Gasteiger partial charge in [-0.3, -0.25) is 9.69 Å². The number of hydrogen-bond donors (Lipinski definition) is 0. The molecule has 0 N–H and O–H groups in total. The predicted octanol–water partition coefficient (Wildman–Crippen LogP) is 2.25. The number of rotatable bonds is 4. The highest BCUT2D eigenvalue weighted by molar-refractivity contribution is 5.81. The number of Topliss-reactive ketones (excluding diaryl/α,β-unsaturated/α-hetero) is 1. The summed E-state index contributed by atoms with van der Waals surface area (Å²) in [5.41, 5.74) is 0. The molecule has 0 radical (unpaired) electrons. The van der Waals surface area contributed by atoms with Gasteiger partial charge in [0.05, 0.1) is 12.7 Å². The van der Waals surface area contributed by atoms with E-state index >= 15 is 0 Å². The fourth-order valence-corrected chi connectivity index (χ4v) is 2.88. The molecule has 0 aromatic heterocycles. The maximum atomic E-state index is 11.4. The summed E-state index contributed by atoms with van der Waals surface area (Å²) in [4.78, 5) is 13.8. The molecule has 1 unspecified atom stereocenters. The van der Waals surface area contributed by atoms with Crippen molar-refractivity contribution in [1.82, 2.24) is 4.90 Å². The standard InChI is InChI=1S/C14H25NO2/c1-12-11-15(8-7-14(12)16)9-10-17-13-5-3-2-4-6-13/h12-13H,2-11H2,1H3. The molecule has 1 saturated heterocycles.